The van der Waals surface area contributed by atoms with E-state index < -0.39 is 16.9 Å². The van der Waals surface area contributed by atoms with Gasteiger partial charge in [-0.2, -0.15) is 0 Å². The smallest absolute Gasteiger partial charge is 0.338 e. The molecule has 3 rings (SSSR count). The van der Waals surface area contributed by atoms with Crippen LogP contribution in [0.2, 0.25) is 0 Å². The van der Waals surface area contributed by atoms with Gasteiger partial charge in [-0.25, -0.2) is 4.79 Å². The summed E-state index contributed by atoms with van der Waals surface area (Å²) in [4.78, 5) is 24.7. The summed E-state index contributed by atoms with van der Waals surface area (Å²) in [5.74, 6) is -0.958. The molecule has 156 valence electrons. The van der Waals surface area contributed by atoms with Crippen molar-refractivity contribution in [1.29, 1.82) is 0 Å². The van der Waals surface area contributed by atoms with Crippen molar-refractivity contribution in [3.8, 4) is 0 Å². The third-order valence-corrected chi connectivity index (χ3v) is 6.64. The van der Waals surface area contributed by atoms with Gasteiger partial charge in [0.25, 0.3) is 0 Å². The van der Waals surface area contributed by atoms with Crippen molar-refractivity contribution in [2.45, 2.75) is 39.7 Å². The standard InChI is InChI=1S/C24H30O5/c1-23(2)17(9-10-21(23)27)13-19-18(14-25)20(26)11-12-24(19,3)15-29-22(28)16-7-5-4-6-8-16/h4-10,13,18-20,25-26H,11-12,14-15H2,1-3H3/b17-13+/t18-,19+,20-,24-/m0/s1. The van der Waals surface area contributed by atoms with Crippen LogP contribution in [-0.2, 0) is 9.53 Å². The number of carbonyl (C=O) groups is 2. The van der Waals surface area contributed by atoms with Crippen LogP contribution in [0.3, 0.4) is 0 Å². The summed E-state index contributed by atoms with van der Waals surface area (Å²) in [5.41, 5.74) is 0.274. The second kappa shape index (κ2) is 8.25. The highest BCUT2D eigenvalue weighted by Gasteiger charge is 2.47. The van der Waals surface area contributed by atoms with Crippen LogP contribution >= 0.6 is 0 Å². The summed E-state index contributed by atoms with van der Waals surface area (Å²) in [6.07, 6.45) is 5.94. The second-order valence-corrected chi connectivity index (χ2v) is 9.02. The Morgan fingerprint density at radius 2 is 1.90 bits per heavy atom. The molecule has 2 N–H and O–H groups in total. The number of carbonyl (C=O) groups excluding carboxylic acids is 2. The molecule has 0 aromatic heterocycles. The van der Waals surface area contributed by atoms with Gasteiger partial charge < -0.3 is 14.9 Å². The molecule has 0 bridgehead atoms. The van der Waals surface area contributed by atoms with Crippen molar-refractivity contribution >= 4 is 11.8 Å². The molecule has 0 amide bonds. The lowest BCUT2D eigenvalue weighted by molar-refractivity contribution is -0.119. The predicted octanol–water partition coefficient (Wildman–Crippen LogP) is 3.32. The highest BCUT2D eigenvalue weighted by Crippen LogP contribution is 2.48. The molecule has 0 unspecified atom stereocenters. The minimum atomic E-state index is -0.635. The van der Waals surface area contributed by atoms with Crippen LogP contribution < -0.4 is 0 Å². The van der Waals surface area contributed by atoms with Crippen LogP contribution in [0.5, 0.6) is 0 Å². The third-order valence-electron chi connectivity index (χ3n) is 6.64. The minimum absolute atomic E-state index is 0.0397. The molecular formula is C24H30O5. The van der Waals surface area contributed by atoms with Gasteiger partial charge in [-0.15, -0.1) is 0 Å². The third kappa shape index (κ3) is 4.21. The highest BCUT2D eigenvalue weighted by atomic mass is 16.5. The molecule has 2 aliphatic rings. The zero-order chi connectivity index (χ0) is 21.2. The first-order chi connectivity index (χ1) is 13.7. The lowest BCUT2D eigenvalue weighted by atomic mass is 9.61. The normalized spacial score (nSPS) is 32.5. The Morgan fingerprint density at radius 3 is 2.48 bits per heavy atom. The number of hydrogen-bond acceptors (Lipinski definition) is 5. The van der Waals surface area contributed by atoms with Crippen LogP contribution in [-0.4, -0.2) is 41.3 Å². The predicted molar refractivity (Wildman–Crippen MR) is 110 cm³/mol. The van der Waals surface area contributed by atoms with E-state index in [9.17, 15) is 19.8 Å². The summed E-state index contributed by atoms with van der Waals surface area (Å²) in [7, 11) is 0. The number of ketones is 1. The fourth-order valence-corrected chi connectivity index (χ4v) is 4.41. The first kappa shape index (κ1) is 21.5. The maximum atomic E-state index is 12.5. The minimum Gasteiger partial charge on any atom is -0.461 e. The van der Waals surface area contributed by atoms with Crippen LogP contribution in [0.15, 0.2) is 54.1 Å². The highest BCUT2D eigenvalue weighted by molar-refractivity contribution is 6.01. The summed E-state index contributed by atoms with van der Waals surface area (Å²) < 4.78 is 5.65. The van der Waals surface area contributed by atoms with Gasteiger partial charge in [0.2, 0.25) is 0 Å². The van der Waals surface area contributed by atoms with Gasteiger partial charge in [-0.05, 0) is 56.4 Å². The number of esters is 1. The monoisotopic (exact) mass is 398 g/mol. The van der Waals surface area contributed by atoms with Gasteiger partial charge in [0.15, 0.2) is 5.78 Å². The molecule has 5 nitrogen and oxygen atoms in total. The average Bonchev–Trinajstić information content (AvgIpc) is 2.96. The zero-order valence-electron chi connectivity index (χ0n) is 17.3. The summed E-state index contributed by atoms with van der Waals surface area (Å²) in [6.45, 7) is 5.78. The van der Waals surface area contributed by atoms with Gasteiger partial charge in [-0.3, -0.25) is 4.79 Å². The number of ether oxygens (including phenoxy) is 1. The maximum Gasteiger partial charge on any atom is 0.338 e. The van der Waals surface area contributed by atoms with Crippen molar-refractivity contribution < 1.29 is 24.5 Å². The average molecular weight is 398 g/mol. The van der Waals surface area contributed by atoms with E-state index in [-0.39, 0.29) is 36.8 Å². The van der Waals surface area contributed by atoms with Crippen molar-refractivity contribution in [3.63, 3.8) is 0 Å². The van der Waals surface area contributed by atoms with Crippen molar-refractivity contribution in [2.24, 2.45) is 22.7 Å². The van der Waals surface area contributed by atoms with Gasteiger partial charge in [-0.1, -0.05) is 37.3 Å². The summed E-state index contributed by atoms with van der Waals surface area (Å²) in [6, 6.07) is 8.84. The Labute approximate surface area is 172 Å². The van der Waals surface area contributed by atoms with Gasteiger partial charge in [0, 0.05) is 17.9 Å². The number of aliphatic hydroxyl groups excluding tert-OH is 2. The van der Waals surface area contributed by atoms with E-state index in [0.717, 1.165) is 5.57 Å². The van der Waals surface area contributed by atoms with E-state index in [4.69, 9.17) is 4.74 Å². The molecule has 4 atom stereocenters. The van der Waals surface area contributed by atoms with E-state index >= 15 is 0 Å². The fourth-order valence-electron chi connectivity index (χ4n) is 4.41. The van der Waals surface area contributed by atoms with E-state index in [1.807, 2.05) is 39.0 Å². The van der Waals surface area contributed by atoms with Crippen LogP contribution in [0, 0.1) is 22.7 Å². The quantitative estimate of drug-likeness (QED) is 0.744. The molecule has 1 aromatic rings. The van der Waals surface area contributed by atoms with Crippen molar-refractivity contribution in [1.82, 2.24) is 0 Å². The summed E-state index contributed by atoms with van der Waals surface area (Å²) in [5, 5.41) is 20.5. The van der Waals surface area contributed by atoms with Gasteiger partial charge in [0.1, 0.15) is 0 Å². The number of hydrogen-bond donors (Lipinski definition) is 2. The maximum absolute atomic E-state index is 12.5. The largest absolute Gasteiger partial charge is 0.461 e. The van der Waals surface area contributed by atoms with Crippen LogP contribution in [0.25, 0.3) is 0 Å². The van der Waals surface area contributed by atoms with Gasteiger partial charge in [0.05, 0.1) is 23.7 Å². The van der Waals surface area contributed by atoms with E-state index in [2.05, 4.69) is 0 Å². The molecule has 0 spiro atoms. The van der Waals surface area contributed by atoms with E-state index in [1.165, 1.54) is 0 Å². The molecule has 1 aromatic carbocycles. The van der Waals surface area contributed by atoms with Gasteiger partial charge >= 0.3 is 5.97 Å². The Balaban J connectivity index is 1.87. The lowest BCUT2D eigenvalue weighted by Gasteiger charge is -2.46. The van der Waals surface area contributed by atoms with Crippen molar-refractivity contribution in [3.05, 3.63) is 59.7 Å². The molecule has 0 saturated heterocycles. The number of allylic oxidation sites excluding steroid dienone is 4. The number of aliphatic hydroxyl groups is 2. The molecular weight excluding hydrogens is 368 g/mol. The van der Waals surface area contributed by atoms with E-state index in [1.54, 1.807) is 30.3 Å². The molecule has 5 heteroatoms. The molecule has 29 heavy (non-hydrogen) atoms. The Bertz CT molecular complexity index is 823. The molecule has 1 saturated carbocycles. The van der Waals surface area contributed by atoms with E-state index in [0.29, 0.717) is 18.4 Å². The Morgan fingerprint density at radius 1 is 1.21 bits per heavy atom. The SMILES string of the molecule is CC1(C)C(=O)C=C/C1=C\[C@@H]1[C@H](CO)[C@@H](O)CC[C@@]1(C)COC(=O)c1ccccc1. The molecule has 0 aliphatic heterocycles. The topological polar surface area (TPSA) is 83.8 Å². The van der Waals surface area contributed by atoms with Crippen LogP contribution in [0.4, 0.5) is 0 Å². The van der Waals surface area contributed by atoms with Crippen molar-refractivity contribution in [2.75, 3.05) is 13.2 Å². The Hall–Kier alpha value is -2.24. The second-order valence-electron chi connectivity index (χ2n) is 9.02. The molecule has 2 aliphatic carbocycles. The lowest BCUT2D eigenvalue weighted by Crippen LogP contribution is -2.47. The molecule has 0 heterocycles. The fraction of sp³-hybridized carbons (Fsp3) is 0.500. The number of rotatable bonds is 5. The molecule has 0 radical (unpaired) electrons. The first-order valence-corrected chi connectivity index (χ1v) is 10.1. The first-order valence-electron chi connectivity index (χ1n) is 10.1. The Kier molecular flexibility index (Phi) is 6.11. The zero-order valence-corrected chi connectivity index (χ0v) is 17.3. The number of benzene rings is 1. The van der Waals surface area contributed by atoms with Crippen LogP contribution in [0.1, 0.15) is 44.0 Å². The summed E-state index contributed by atoms with van der Waals surface area (Å²) >= 11 is 0. The molecule has 1 fully saturated rings.